The molecular formula is C13H11NS. The van der Waals surface area contributed by atoms with Gasteiger partial charge < -0.3 is 0 Å². The van der Waals surface area contributed by atoms with Crippen molar-refractivity contribution >= 4 is 16.4 Å². The second kappa shape index (κ2) is 3.31. The molecule has 0 saturated heterocycles. The minimum Gasteiger partial charge on any atom is -0.223 e. The predicted octanol–water partition coefficient (Wildman–Crippen LogP) is 3.79. The Kier molecular flexibility index (Phi) is 1.96. The molecule has 0 saturated carbocycles. The van der Waals surface area contributed by atoms with E-state index < -0.39 is 0 Å². The highest BCUT2D eigenvalue weighted by molar-refractivity contribution is 7.87. The van der Waals surface area contributed by atoms with Gasteiger partial charge >= 0.3 is 0 Å². The second-order valence-corrected chi connectivity index (χ2v) is 5.16. The SMILES string of the molecule is CS1=Nc2ccccc2-c2ccccc21. The number of nitrogens with zero attached hydrogens (tertiary/aromatic N) is 1. The zero-order valence-electron chi connectivity index (χ0n) is 8.47. The van der Waals surface area contributed by atoms with E-state index in [0.29, 0.717) is 0 Å². The first-order valence-corrected chi connectivity index (χ1v) is 6.51. The molecule has 0 radical (unpaired) electrons. The number of benzene rings is 2. The minimum absolute atomic E-state index is 0.00151. The third-order valence-electron chi connectivity index (χ3n) is 2.63. The average Bonchev–Trinajstić information content (AvgIpc) is 2.30. The van der Waals surface area contributed by atoms with Crippen molar-refractivity contribution in [3.63, 3.8) is 0 Å². The van der Waals surface area contributed by atoms with Crippen molar-refractivity contribution in [1.29, 1.82) is 0 Å². The van der Waals surface area contributed by atoms with Crippen molar-refractivity contribution in [2.45, 2.75) is 4.90 Å². The largest absolute Gasteiger partial charge is 0.223 e. The Balaban J connectivity index is 2.39. The lowest BCUT2D eigenvalue weighted by Crippen LogP contribution is -1.96. The molecular weight excluding hydrogens is 202 g/mol. The Morgan fingerprint density at radius 3 is 2.40 bits per heavy atom. The van der Waals surface area contributed by atoms with Crippen molar-refractivity contribution in [3.8, 4) is 11.1 Å². The fraction of sp³-hybridized carbons (Fsp3) is 0.0769. The highest BCUT2D eigenvalue weighted by Crippen LogP contribution is 2.38. The quantitative estimate of drug-likeness (QED) is 0.631. The molecule has 1 unspecified atom stereocenters. The molecule has 2 aromatic rings. The Morgan fingerprint density at radius 1 is 0.867 bits per heavy atom. The minimum atomic E-state index is -0.00151. The van der Waals surface area contributed by atoms with Crippen LogP contribution >= 0.6 is 0 Å². The molecule has 1 aliphatic rings. The molecule has 1 aliphatic heterocycles. The lowest BCUT2D eigenvalue weighted by atomic mass is 10.0. The highest BCUT2D eigenvalue weighted by atomic mass is 32.2. The van der Waals surface area contributed by atoms with E-state index in [0.717, 1.165) is 5.69 Å². The summed E-state index contributed by atoms with van der Waals surface area (Å²) in [6.07, 6.45) is 2.18. The summed E-state index contributed by atoms with van der Waals surface area (Å²) in [5, 5.41) is 0. The van der Waals surface area contributed by atoms with Gasteiger partial charge in [0.15, 0.2) is 0 Å². The van der Waals surface area contributed by atoms with Gasteiger partial charge in [-0.2, -0.15) is 0 Å². The summed E-state index contributed by atoms with van der Waals surface area (Å²) >= 11 is 0. The van der Waals surface area contributed by atoms with Gasteiger partial charge in [0.05, 0.1) is 5.69 Å². The fourth-order valence-corrected chi connectivity index (χ4v) is 3.25. The molecule has 0 amide bonds. The maximum atomic E-state index is 4.71. The zero-order chi connectivity index (χ0) is 10.3. The molecule has 0 spiro atoms. The van der Waals surface area contributed by atoms with Gasteiger partial charge in [0, 0.05) is 10.5 Å². The number of rotatable bonds is 0. The second-order valence-electron chi connectivity index (χ2n) is 3.58. The number of hydrogen-bond acceptors (Lipinski definition) is 1. The van der Waals surface area contributed by atoms with Crippen LogP contribution in [0.25, 0.3) is 11.1 Å². The number of hydrogen-bond donors (Lipinski definition) is 0. The lowest BCUT2D eigenvalue weighted by Gasteiger charge is -2.17. The third-order valence-corrected chi connectivity index (χ3v) is 4.10. The highest BCUT2D eigenvalue weighted by Gasteiger charge is 2.14. The summed E-state index contributed by atoms with van der Waals surface area (Å²) in [5.74, 6) is 0. The molecule has 0 fully saturated rings. The summed E-state index contributed by atoms with van der Waals surface area (Å²) in [5.41, 5.74) is 3.73. The van der Waals surface area contributed by atoms with Gasteiger partial charge in [0.25, 0.3) is 0 Å². The summed E-state index contributed by atoms with van der Waals surface area (Å²) in [7, 11) is -0.00151. The molecule has 3 rings (SSSR count). The van der Waals surface area contributed by atoms with E-state index in [1.165, 1.54) is 16.0 Å². The molecule has 0 aromatic heterocycles. The standard InChI is InChI=1S/C13H11NS/c1-15-13-9-5-3-7-11(13)10-6-2-4-8-12(10)14-15/h2-9H,1H3. The van der Waals surface area contributed by atoms with Gasteiger partial charge in [0.2, 0.25) is 0 Å². The molecule has 0 bridgehead atoms. The summed E-state index contributed by atoms with van der Waals surface area (Å²) in [4.78, 5) is 1.36. The molecule has 74 valence electrons. The van der Waals surface area contributed by atoms with Gasteiger partial charge in [-0.05, 0) is 24.0 Å². The van der Waals surface area contributed by atoms with Gasteiger partial charge in [-0.15, -0.1) is 0 Å². The van der Waals surface area contributed by atoms with Crippen molar-refractivity contribution in [2.24, 2.45) is 4.36 Å². The van der Waals surface area contributed by atoms with Crippen molar-refractivity contribution in [2.75, 3.05) is 6.26 Å². The van der Waals surface area contributed by atoms with Crippen molar-refractivity contribution < 1.29 is 0 Å². The van der Waals surface area contributed by atoms with E-state index in [2.05, 4.69) is 48.7 Å². The third kappa shape index (κ3) is 1.33. The monoisotopic (exact) mass is 213 g/mol. The zero-order valence-corrected chi connectivity index (χ0v) is 9.29. The number of fused-ring (bicyclic) bond motifs is 3. The van der Waals surface area contributed by atoms with Gasteiger partial charge in [-0.3, -0.25) is 0 Å². The molecule has 2 heteroatoms. The van der Waals surface area contributed by atoms with E-state index in [1.54, 1.807) is 0 Å². The Bertz CT molecular complexity index is 558. The average molecular weight is 213 g/mol. The van der Waals surface area contributed by atoms with Gasteiger partial charge in [0.1, 0.15) is 0 Å². The molecule has 1 nitrogen and oxygen atoms in total. The van der Waals surface area contributed by atoms with Crippen LogP contribution < -0.4 is 0 Å². The first-order valence-electron chi connectivity index (χ1n) is 4.92. The van der Waals surface area contributed by atoms with Crippen molar-refractivity contribution in [1.82, 2.24) is 0 Å². The van der Waals surface area contributed by atoms with E-state index >= 15 is 0 Å². The molecule has 2 aromatic carbocycles. The summed E-state index contributed by atoms with van der Waals surface area (Å²) < 4.78 is 4.71. The fourth-order valence-electron chi connectivity index (χ4n) is 1.92. The first-order chi connectivity index (χ1) is 7.36. The van der Waals surface area contributed by atoms with E-state index in [1.807, 2.05) is 6.07 Å². The van der Waals surface area contributed by atoms with Crippen LogP contribution in [0.4, 0.5) is 5.69 Å². The van der Waals surface area contributed by atoms with E-state index in [-0.39, 0.29) is 10.7 Å². The van der Waals surface area contributed by atoms with E-state index in [4.69, 9.17) is 4.36 Å². The van der Waals surface area contributed by atoms with Crippen LogP contribution in [-0.2, 0) is 10.7 Å². The molecule has 0 N–H and O–H groups in total. The van der Waals surface area contributed by atoms with Gasteiger partial charge in [-0.25, -0.2) is 4.36 Å². The van der Waals surface area contributed by atoms with Crippen LogP contribution in [0.1, 0.15) is 0 Å². The van der Waals surface area contributed by atoms with Crippen LogP contribution in [0.3, 0.4) is 0 Å². The summed E-state index contributed by atoms with van der Waals surface area (Å²) in [6.45, 7) is 0. The lowest BCUT2D eigenvalue weighted by molar-refractivity contribution is 1.39. The van der Waals surface area contributed by atoms with Gasteiger partial charge in [-0.1, -0.05) is 47.1 Å². The van der Waals surface area contributed by atoms with Crippen LogP contribution in [0.5, 0.6) is 0 Å². The topological polar surface area (TPSA) is 12.4 Å². The Hall–Kier alpha value is -1.41. The molecule has 15 heavy (non-hydrogen) atoms. The predicted molar refractivity (Wildman–Crippen MR) is 65.5 cm³/mol. The van der Waals surface area contributed by atoms with Crippen LogP contribution in [-0.4, -0.2) is 6.26 Å². The smallest absolute Gasteiger partial charge is 0.0785 e. The maximum Gasteiger partial charge on any atom is 0.0785 e. The van der Waals surface area contributed by atoms with Crippen LogP contribution in [0, 0.1) is 0 Å². The summed E-state index contributed by atoms with van der Waals surface area (Å²) in [6, 6.07) is 16.9. The van der Waals surface area contributed by atoms with Crippen molar-refractivity contribution in [3.05, 3.63) is 48.5 Å². The van der Waals surface area contributed by atoms with Crippen LogP contribution in [0.15, 0.2) is 57.8 Å². The molecule has 0 aliphatic carbocycles. The van der Waals surface area contributed by atoms with Crippen LogP contribution in [0.2, 0.25) is 0 Å². The molecule has 1 atom stereocenters. The molecule has 1 heterocycles. The maximum absolute atomic E-state index is 4.71. The first kappa shape index (κ1) is 8.86. The Morgan fingerprint density at radius 2 is 1.53 bits per heavy atom. The van der Waals surface area contributed by atoms with E-state index in [9.17, 15) is 0 Å². The normalized spacial score (nSPS) is 17.5. The Labute approximate surface area is 91.9 Å².